The third-order valence-corrected chi connectivity index (χ3v) is 6.55. The van der Waals surface area contributed by atoms with E-state index in [0.29, 0.717) is 11.4 Å². The van der Waals surface area contributed by atoms with E-state index in [9.17, 15) is 0 Å². The van der Waals surface area contributed by atoms with Crippen molar-refractivity contribution >= 4 is 40.4 Å². The molecule has 6 nitrogen and oxygen atoms in total. The fourth-order valence-corrected chi connectivity index (χ4v) is 4.63. The van der Waals surface area contributed by atoms with Crippen LogP contribution in [0.25, 0.3) is 0 Å². The minimum absolute atomic E-state index is 0.0333. The summed E-state index contributed by atoms with van der Waals surface area (Å²) in [4.78, 5) is 9.80. The number of ether oxygens (including phenoxy) is 1. The first-order chi connectivity index (χ1) is 16.4. The number of morpholine rings is 1. The number of benzene rings is 2. The summed E-state index contributed by atoms with van der Waals surface area (Å²) in [5, 5.41) is 4.94. The van der Waals surface area contributed by atoms with E-state index in [0.717, 1.165) is 59.6 Å². The van der Waals surface area contributed by atoms with Gasteiger partial charge in [0.1, 0.15) is 12.0 Å². The summed E-state index contributed by atoms with van der Waals surface area (Å²) in [6.07, 6.45) is 5.87. The number of fused-ring (bicyclic) bond motifs is 1. The van der Waals surface area contributed by atoms with Crippen molar-refractivity contribution in [3.8, 4) is 0 Å². The van der Waals surface area contributed by atoms with Gasteiger partial charge in [0.05, 0.1) is 12.7 Å². The number of nitrogens with two attached hydrogens (primary N) is 1. The average molecular weight is 500 g/mol. The Kier molecular flexibility index (Phi) is 8.16. The second-order valence-corrected chi connectivity index (χ2v) is 9.59. The molecule has 180 valence electrons. The summed E-state index contributed by atoms with van der Waals surface area (Å²) < 4.78 is 5.73. The van der Waals surface area contributed by atoms with E-state index in [1.165, 1.54) is 6.20 Å². The molecule has 0 amide bonds. The number of aliphatic imine (C=N–C) groups is 1. The molecule has 0 radical (unpaired) electrons. The van der Waals surface area contributed by atoms with Gasteiger partial charge in [-0.3, -0.25) is 4.90 Å². The number of allylic oxidation sites excluding steroid dienone is 3. The third kappa shape index (κ3) is 6.13. The normalized spacial score (nSPS) is 21.5. The van der Waals surface area contributed by atoms with Gasteiger partial charge in [0.2, 0.25) is 0 Å². The van der Waals surface area contributed by atoms with Crippen molar-refractivity contribution in [2.24, 2.45) is 10.7 Å². The van der Waals surface area contributed by atoms with Crippen LogP contribution in [-0.4, -0.2) is 56.3 Å². The Balaban J connectivity index is 1.64. The summed E-state index contributed by atoms with van der Waals surface area (Å²) in [5.41, 5.74) is 9.68. The van der Waals surface area contributed by atoms with Crippen molar-refractivity contribution in [3.05, 3.63) is 82.0 Å². The molecule has 2 aliphatic heterocycles. The molecule has 0 bridgehead atoms. The molecule has 0 spiro atoms. The molecule has 4 rings (SSSR count). The van der Waals surface area contributed by atoms with Crippen molar-refractivity contribution in [2.75, 3.05) is 43.5 Å². The number of hydrogen-bond acceptors (Lipinski definition) is 6. The van der Waals surface area contributed by atoms with Gasteiger partial charge in [-0.25, -0.2) is 4.99 Å². The van der Waals surface area contributed by atoms with Crippen molar-refractivity contribution in [1.29, 1.82) is 0 Å². The van der Waals surface area contributed by atoms with Gasteiger partial charge in [0, 0.05) is 60.1 Å². The maximum absolute atomic E-state index is 6.41. The lowest BCUT2D eigenvalue weighted by Crippen LogP contribution is -2.49. The van der Waals surface area contributed by atoms with Crippen molar-refractivity contribution in [1.82, 2.24) is 4.90 Å². The molecule has 2 heterocycles. The molecular formula is C26H31Cl2N5O. The Bertz CT molecular complexity index is 1080. The summed E-state index contributed by atoms with van der Waals surface area (Å²) in [6, 6.07) is 14.1. The van der Waals surface area contributed by atoms with Gasteiger partial charge in [0.25, 0.3) is 0 Å². The Morgan fingerprint density at radius 1 is 1.26 bits per heavy atom. The molecule has 2 aromatic rings. The SMILES string of the molecule is C[C@H]1CN(CC2N=C(Nc3ccc(Cl)cc3)c3ccc(C/C(Cl)=C\C=C/N)cc3N2C)CCO1. The van der Waals surface area contributed by atoms with E-state index in [2.05, 4.69) is 47.3 Å². The van der Waals surface area contributed by atoms with Gasteiger partial charge >= 0.3 is 0 Å². The predicted octanol–water partition coefficient (Wildman–Crippen LogP) is 4.83. The molecule has 0 aromatic heterocycles. The third-order valence-electron chi connectivity index (χ3n) is 6.04. The van der Waals surface area contributed by atoms with Crippen LogP contribution in [0, 0.1) is 0 Å². The summed E-state index contributed by atoms with van der Waals surface area (Å²) >= 11 is 12.5. The molecule has 2 atom stereocenters. The van der Waals surface area contributed by atoms with E-state index in [1.807, 2.05) is 30.3 Å². The number of anilines is 2. The maximum Gasteiger partial charge on any atom is 0.137 e. The fourth-order valence-electron chi connectivity index (χ4n) is 4.28. The first-order valence-electron chi connectivity index (χ1n) is 11.5. The Hall–Kier alpha value is -2.51. The minimum atomic E-state index is -0.0333. The number of likely N-dealkylation sites (N-methyl/N-ethyl adjacent to an activating group) is 1. The van der Waals surface area contributed by atoms with Gasteiger partial charge in [-0.1, -0.05) is 29.3 Å². The Morgan fingerprint density at radius 2 is 2.06 bits per heavy atom. The zero-order valence-electron chi connectivity index (χ0n) is 19.5. The highest BCUT2D eigenvalue weighted by Crippen LogP contribution is 2.31. The monoisotopic (exact) mass is 499 g/mol. The van der Waals surface area contributed by atoms with Crippen LogP contribution in [0.5, 0.6) is 0 Å². The first kappa shape index (κ1) is 24.6. The number of amidine groups is 1. The number of hydrogen-bond donors (Lipinski definition) is 2. The van der Waals surface area contributed by atoms with E-state index >= 15 is 0 Å². The molecule has 1 fully saturated rings. The van der Waals surface area contributed by atoms with Crippen LogP contribution in [-0.2, 0) is 11.2 Å². The molecule has 1 unspecified atom stereocenters. The summed E-state index contributed by atoms with van der Waals surface area (Å²) in [6.45, 7) is 5.50. The quantitative estimate of drug-likeness (QED) is 0.557. The van der Waals surface area contributed by atoms with E-state index in [4.69, 9.17) is 38.7 Å². The second-order valence-electron chi connectivity index (χ2n) is 8.67. The number of nitrogens with one attached hydrogen (secondary N) is 1. The van der Waals surface area contributed by atoms with E-state index in [-0.39, 0.29) is 12.3 Å². The lowest BCUT2D eigenvalue weighted by atomic mass is 10.0. The highest BCUT2D eigenvalue weighted by Gasteiger charge is 2.29. The van der Waals surface area contributed by atoms with Crippen molar-refractivity contribution in [3.63, 3.8) is 0 Å². The average Bonchev–Trinajstić information content (AvgIpc) is 2.82. The van der Waals surface area contributed by atoms with E-state index in [1.54, 1.807) is 6.08 Å². The maximum atomic E-state index is 6.41. The Morgan fingerprint density at radius 3 is 2.79 bits per heavy atom. The topological polar surface area (TPSA) is 66.1 Å². The van der Waals surface area contributed by atoms with Crippen molar-refractivity contribution < 1.29 is 4.74 Å². The predicted molar refractivity (Wildman–Crippen MR) is 143 cm³/mol. The largest absolute Gasteiger partial charge is 0.405 e. The van der Waals surface area contributed by atoms with Crippen LogP contribution in [0.2, 0.25) is 5.02 Å². The molecule has 1 saturated heterocycles. The molecule has 0 aliphatic carbocycles. The van der Waals surface area contributed by atoms with Gasteiger partial charge in [-0.05, 0) is 67.2 Å². The van der Waals surface area contributed by atoms with Crippen LogP contribution < -0.4 is 16.0 Å². The number of halogens is 2. The molecular weight excluding hydrogens is 469 g/mol. The number of nitrogens with zero attached hydrogens (tertiary/aromatic N) is 3. The summed E-state index contributed by atoms with van der Waals surface area (Å²) in [5.74, 6) is 0.848. The molecule has 0 saturated carbocycles. The standard InChI is InChI=1S/C26H31Cl2N5O/c1-18-16-33(12-13-34-18)17-25-31-26(30-22-8-6-20(27)7-9-22)23-10-5-19(15-24(23)32(25)2)14-21(28)4-3-11-29/h3-11,15,18,25H,12-14,16-17,29H2,1-2H3,(H,30,31)/b11-3-,21-4+/t18-,25?/m0/s1. The van der Waals surface area contributed by atoms with E-state index < -0.39 is 0 Å². The highest BCUT2D eigenvalue weighted by atomic mass is 35.5. The van der Waals surface area contributed by atoms with Crippen LogP contribution in [0.15, 0.2) is 70.8 Å². The molecule has 3 N–H and O–H groups in total. The summed E-state index contributed by atoms with van der Waals surface area (Å²) in [7, 11) is 2.11. The fraction of sp³-hybridized carbons (Fsp3) is 0.346. The van der Waals surface area contributed by atoms with Gasteiger partial charge in [0.15, 0.2) is 0 Å². The number of rotatable bonds is 6. The molecule has 2 aromatic carbocycles. The lowest BCUT2D eigenvalue weighted by Gasteiger charge is -2.39. The first-order valence-corrected chi connectivity index (χ1v) is 12.2. The minimum Gasteiger partial charge on any atom is -0.405 e. The zero-order valence-corrected chi connectivity index (χ0v) is 21.1. The molecule has 34 heavy (non-hydrogen) atoms. The van der Waals surface area contributed by atoms with Crippen molar-refractivity contribution in [2.45, 2.75) is 25.6 Å². The van der Waals surface area contributed by atoms with Gasteiger partial charge in [-0.15, -0.1) is 0 Å². The van der Waals surface area contributed by atoms with Crippen LogP contribution in [0.1, 0.15) is 18.1 Å². The van der Waals surface area contributed by atoms with Gasteiger partial charge < -0.3 is 20.7 Å². The zero-order chi connectivity index (χ0) is 24.1. The van der Waals surface area contributed by atoms with Gasteiger partial charge in [-0.2, -0.15) is 0 Å². The van der Waals surface area contributed by atoms with Crippen LogP contribution >= 0.6 is 23.2 Å². The Labute approximate surface area is 211 Å². The molecule has 2 aliphatic rings. The lowest BCUT2D eigenvalue weighted by molar-refractivity contribution is -0.0197. The smallest absolute Gasteiger partial charge is 0.137 e. The molecule has 8 heteroatoms. The highest BCUT2D eigenvalue weighted by molar-refractivity contribution is 6.30. The second kappa shape index (κ2) is 11.3. The van der Waals surface area contributed by atoms with Crippen LogP contribution in [0.3, 0.4) is 0 Å². The van der Waals surface area contributed by atoms with Crippen LogP contribution in [0.4, 0.5) is 11.4 Å².